The summed E-state index contributed by atoms with van der Waals surface area (Å²) in [6, 6.07) is 14.9. The fourth-order valence-corrected chi connectivity index (χ4v) is 4.32. The van der Waals surface area contributed by atoms with Crippen molar-refractivity contribution in [3.05, 3.63) is 76.5 Å². The van der Waals surface area contributed by atoms with Crippen LogP contribution in [0.15, 0.2) is 59.5 Å². The second-order valence-electron chi connectivity index (χ2n) is 7.92. The van der Waals surface area contributed by atoms with Gasteiger partial charge in [0.1, 0.15) is 5.75 Å². The van der Waals surface area contributed by atoms with E-state index in [0.717, 1.165) is 42.9 Å². The normalized spacial score (nSPS) is 14.8. The molecule has 32 heavy (non-hydrogen) atoms. The third-order valence-corrected chi connectivity index (χ3v) is 5.89. The van der Waals surface area contributed by atoms with Gasteiger partial charge in [0.05, 0.1) is 24.5 Å². The van der Waals surface area contributed by atoms with Crippen LogP contribution in [0.2, 0.25) is 0 Å². The van der Waals surface area contributed by atoms with Crippen molar-refractivity contribution >= 4 is 11.7 Å². The summed E-state index contributed by atoms with van der Waals surface area (Å²) in [6.45, 7) is 4.26. The number of aryl methyl sites for hydroxylation is 1. The topological polar surface area (TPSA) is 91.4 Å². The number of amides is 2. The third-order valence-electron chi connectivity index (χ3n) is 5.89. The fourth-order valence-electron chi connectivity index (χ4n) is 4.32. The van der Waals surface area contributed by atoms with Crippen molar-refractivity contribution in [3.8, 4) is 11.4 Å². The quantitative estimate of drug-likeness (QED) is 0.530. The number of aromatic nitrogens is 2. The summed E-state index contributed by atoms with van der Waals surface area (Å²) in [5.74, 6) is 0.819. The Hall–Kier alpha value is -3.52. The van der Waals surface area contributed by atoms with E-state index in [1.165, 1.54) is 4.57 Å². The number of ether oxygens (including phenoxy) is 1. The van der Waals surface area contributed by atoms with Gasteiger partial charge in [-0.1, -0.05) is 30.3 Å². The number of carbonyl (C=O) groups is 1. The van der Waals surface area contributed by atoms with Gasteiger partial charge in [0.25, 0.3) is 0 Å². The number of nitrogens with zero attached hydrogens (tertiary/aromatic N) is 2. The van der Waals surface area contributed by atoms with E-state index in [0.29, 0.717) is 17.9 Å². The monoisotopic (exact) mass is 435 g/mol. The molecule has 1 aromatic heterocycles. The summed E-state index contributed by atoms with van der Waals surface area (Å²) >= 11 is 0. The van der Waals surface area contributed by atoms with Gasteiger partial charge < -0.3 is 20.4 Å². The molecule has 0 spiro atoms. The predicted molar refractivity (Wildman–Crippen MR) is 125 cm³/mol. The van der Waals surface area contributed by atoms with Gasteiger partial charge in [0.15, 0.2) is 0 Å². The number of hydrogen-bond donors (Lipinski definition) is 3. The zero-order chi connectivity index (χ0) is 22.5. The Morgan fingerprint density at radius 1 is 1.12 bits per heavy atom. The Kier molecular flexibility index (Phi) is 6.61. The maximum Gasteiger partial charge on any atom is 0.330 e. The van der Waals surface area contributed by atoms with Crippen LogP contribution in [0, 0.1) is 6.92 Å². The number of methoxy groups -OCH3 is 1. The number of hydrogen-bond acceptors (Lipinski definition) is 4. The van der Waals surface area contributed by atoms with Crippen LogP contribution in [0.25, 0.3) is 5.69 Å². The molecule has 3 N–H and O–H groups in total. The molecule has 2 aromatic carbocycles. The summed E-state index contributed by atoms with van der Waals surface area (Å²) < 4.78 is 7.12. The molecule has 0 radical (unpaired) electrons. The van der Waals surface area contributed by atoms with Crippen LogP contribution in [0.4, 0.5) is 10.5 Å². The predicted octanol–water partition coefficient (Wildman–Crippen LogP) is 3.44. The Morgan fingerprint density at radius 2 is 1.84 bits per heavy atom. The number of carbonyl (C=O) groups excluding carboxylic acids is 1. The second kappa shape index (κ2) is 9.74. The summed E-state index contributed by atoms with van der Waals surface area (Å²) in [4.78, 5) is 30.1. The molecule has 2 heterocycles. The zero-order valence-corrected chi connectivity index (χ0v) is 18.4. The molecular formula is C24H29N5O3. The highest BCUT2D eigenvalue weighted by atomic mass is 16.5. The van der Waals surface area contributed by atoms with Crippen molar-refractivity contribution in [2.45, 2.75) is 25.8 Å². The van der Waals surface area contributed by atoms with Crippen LogP contribution in [0.5, 0.6) is 5.75 Å². The molecule has 1 saturated heterocycles. The highest BCUT2D eigenvalue weighted by Gasteiger charge is 2.26. The molecule has 1 atom stereocenters. The van der Waals surface area contributed by atoms with Crippen LogP contribution < -0.4 is 21.1 Å². The first-order chi connectivity index (χ1) is 15.6. The van der Waals surface area contributed by atoms with Gasteiger partial charge in [-0.2, -0.15) is 0 Å². The molecule has 0 aliphatic carbocycles. The highest BCUT2D eigenvalue weighted by molar-refractivity contribution is 5.91. The van der Waals surface area contributed by atoms with E-state index < -0.39 is 0 Å². The lowest BCUT2D eigenvalue weighted by Gasteiger charge is -2.29. The molecule has 4 rings (SSSR count). The maximum absolute atomic E-state index is 12.8. The molecule has 0 bridgehead atoms. The number of anilines is 1. The Balaban J connectivity index is 1.51. The first-order valence-electron chi connectivity index (χ1n) is 10.9. The lowest BCUT2D eigenvalue weighted by molar-refractivity contribution is 0.224. The van der Waals surface area contributed by atoms with Gasteiger partial charge in [-0.05, 0) is 51.1 Å². The van der Waals surface area contributed by atoms with Crippen molar-refractivity contribution in [1.82, 2.24) is 19.8 Å². The van der Waals surface area contributed by atoms with Gasteiger partial charge in [-0.15, -0.1) is 0 Å². The standard InChI is InChI=1S/C24H29N5O3/c1-17-15-26-24(31)29(17)20-11-5-4-10-19(20)27-23(30)25-16-21(28-13-7-8-14-28)18-9-3-6-12-22(18)32-2/h3-6,9-12,15,21H,7-8,13-14,16H2,1-2H3,(H,26,31)(H2,25,27,30). The Bertz CT molecular complexity index is 1130. The van der Waals surface area contributed by atoms with Crippen molar-refractivity contribution < 1.29 is 9.53 Å². The number of likely N-dealkylation sites (tertiary alicyclic amines) is 1. The SMILES string of the molecule is COc1ccccc1C(CNC(=O)Nc1ccccc1-n1c(C)c[nH]c1=O)N1CCCC1. The Morgan fingerprint density at radius 3 is 2.56 bits per heavy atom. The van der Waals surface area contributed by atoms with Gasteiger partial charge in [0.2, 0.25) is 0 Å². The van der Waals surface area contributed by atoms with Crippen molar-refractivity contribution in [3.63, 3.8) is 0 Å². The van der Waals surface area contributed by atoms with Crippen LogP contribution in [-0.2, 0) is 0 Å². The lowest BCUT2D eigenvalue weighted by atomic mass is 10.0. The lowest BCUT2D eigenvalue weighted by Crippen LogP contribution is -2.39. The molecule has 8 heteroatoms. The molecule has 3 aromatic rings. The molecule has 0 saturated carbocycles. The van der Waals surface area contributed by atoms with Crippen molar-refractivity contribution in [2.24, 2.45) is 0 Å². The van der Waals surface area contributed by atoms with Gasteiger partial charge in [0, 0.05) is 24.0 Å². The minimum Gasteiger partial charge on any atom is -0.496 e. The number of imidazole rings is 1. The van der Waals surface area contributed by atoms with E-state index in [9.17, 15) is 9.59 Å². The second-order valence-corrected chi connectivity index (χ2v) is 7.92. The highest BCUT2D eigenvalue weighted by Crippen LogP contribution is 2.31. The van der Waals surface area contributed by atoms with E-state index in [1.807, 2.05) is 37.3 Å². The summed E-state index contributed by atoms with van der Waals surface area (Å²) in [5, 5.41) is 5.92. The first kappa shape index (κ1) is 21.7. The number of H-pyrrole nitrogens is 1. The Labute approximate surface area is 187 Å². The maximum atomic E-state index is 12.8. The van der Waals surface area contributed by atoms with Crippen molar-refractivity contribution in [1.29, 1.82) is 0 Å². The molecule has 8 nitrogen and oxygen atoms in total. The molecule has 1 fully saturated rings. The molecule has 168 valence electrons. The number of benzene rings is 2. The van der Waals surface area contributed by atoms with Gasteiger partial charge in [-0.3, -0.25) is 9.47 Å². The largest absolute Gasteiger partial charge is 0.496 e. The van der Waals surface area contributed by atoms with Crippen LogP contribution in [0.1, 0.15) is 30.1 Å². The molecule has 1 aliphatic heterocycles. The van der Waals surface area contributed by atoms with Crippen molar-refractivity contribution in [2.75, 3.05) is 32.1 Å². The van der Waals surface area contributed by atoms with E-state index in [4.69, 9.17) is 4.74 Å². The van der Waals surface area contributed by atoms with Gasteiger partial charge >= 0.3 is 11.7 Å². The smallest absolute Gasteiger partial charge is 0.330 e. The summed E-state index contributed by atoms with van der Waals surface area (Å²) in [6.07, 6.45) is 3.94. The minimum atomic E-state index is -0.321. The van der Waals surface area contributed by atoms with E-state index in [2.05, 4.69) is 26.6 Å². The minimum absolute atomic E-state index is 0.0178. The molecule has 2 amide bonds. The zero-order valence-electron chi connectivity index (χ0n) is 18.4. The van der Waals surface area contributed by atoms with Crippen LogP contribution >= 0.6 is 0 Å². The summed E-state index contributed by atoms with van der Waals surface area (Å²) in [5.41, 5.74) is 2.75. The first-order valence-corrected chi connectivity index (χ1v) is 10.9. The summed E-state index contributed by atoms with van der Waals surface area (Å²) in [7, 11) is 1.67. The molecule has 1 unspecified atom stereocenters. The number of urea groups is 1. The average molecular weight is 436 g/mol. The fraction of sp³-hybridized carbons (Fsp3) is 0.333. The number of nitrogens with one attached hydrogen (secondary N) is 3. The van der Waals surface area contributed by atoms with Crippen LogP contribution in [0.3, 0.4) is 0 Å². The third kappa shape index (κ3) is 4.55. The number of para-hydroxylation sites is 3. The molecular weight excluding hydrogens is 406 g/mol. The average Bonchev–Trinajstić information content (AvgIpc) is 3.45. The number of aromatic amines is 1. The van der Waals surface area contributed by atoms with E-state index in [1.54, 1.807) is 25.4 Å². The van der Waals surface area contributed by atoms with Crippen LogP contribution in [-0.4, -0.2) is 47.2 Å². The van der Waals surface area contributed by atoms with E-state index in [-0.39, 0.29) is 17.8 Å². The van der Waals surface area contributed by atoms with Gasteiger partial charge in [-0.25, -0.2) is 9.59 Å². The van der Waals surface area contributed by atoms with E-state index >= 15 is 0 Å². The number of rotatable bonds is 7. The molecule has 1 aliphatic rings.